The molecule has 0 saturated carbocycles. The molecule has 2 nitrogen and oxygen atoms in total. The maximum Gasteiger partial charge on any atom is 0.138 e. The van der Waals surface area contributed by atoms with E-state index >= 15 is 0 Å². The molecule has 0 spiro atoms. The molecule has 1 aliphatic carbocycles. The summed E-state index contributed by atoms with van der Waals surface area (Å²) in [7, 11) is 0. The normalized spacial score (nSPS) is 19.3. The number of fused-ring (bicyclic) bond motifs is 3. The summed E-state index contributed by atoms with van der Waals surface area (Å²) in [5.41, 5.74) is 2.98. The minimum Gasteiger partial charge on any atom is -0.357 e. The highest BCUT2D eigenvalue weighted by atomic mass is 79.9. The quantitative estimate of drug-likeness (QED) is 0.679. The van der Waals surface area contributed by atoms with Crippen molar-refractivity contribution >= 4 is 55.8 Å². The molecule has 0 amide bonds. The number of aromatic amines is 1. The molecule has 2 aromatic rings. The van der Waals surface area contributed by atoms with Crippen LogP contribution in [0.2, 0.25) is 10.0 Å². The summed E-state index contributed by atoms with van der Waals surface area (Å²) in [6.45, 7) is 2.05. The number of carbonyl (C=O) groups excluding carboxylic acids is 1. The smallest absolute Gasteiger partial charge is 0.138 e. The number of rotatable bonds is 0. The summed E-state index contributed by atoms with van der Waals surface area (Å²) < 4.78 is 0.881. The molecule has 5 heteroatoms. The summed E-state index contributed by atoms with van der Waals surface area (Å²) in [5.74, 6) is 0.476. The van der Waals surface area contributed by atoms with E-state index in [0.717, 1.165) is 26.6 Å². The van der Waals surface area contributed by atoms with E-state index in [0.29, 0.717) is 22.9 Å². The second-order valence-corrected chi connectivity index (χ2v) is 6.38. The van der Waals surface area contributed by atoms with Crippen LogP contribution < -0.4 is 0 Å². The largest absolute Gasteiger partial charge is 0.357 e. The van der Waals surface area contributed by atoms with E-state index < -0.39 is 0 Å². The number of aromatic nitrogens is 1. The molecule has 1 aromatic carbocycles. The van der Waals surface area contributed by atoms with Crippen molar-refractivity contribution in [2.75, 3.05) is 0 Å². The predicted octanol–water partition coefficient (Wildman–Crippen LogP) is 4.86. The van der Waals surface area contributed by atoms with Crippen molar-refractivity contribution in [1.82, 2.24) is 4.98 Å². The van der Waals surface area contributed by atoms with E-state index in [1.165, 1.54) is 0 Å². The first kappa shape index (κ1) is 12.5. The highest BCUT2D eigenvalue weighted by Crippen LogP contribution is 2.42. The van der Waals surface area contributed by atoms with Gasteiger partial charge in [-0.05, 0) is 11.6 Å². The van der Waals surface area contributed by atoms with Crippen LogP contribution in [0.25, 0.3) is 10.9 Å². The Morgan fingerprint density at radius 3 is 2.89 bits per heavy atom. The van der Waals surface area contributed by atoms with Gasteiger partial charge in [0, 0.05) is 34.3 Å². The number of benzene rings is 1. The van der Waals surface area contributed by atoms with Gasteiger partial charge in [-0.2, -0.15) is 0 Å². The van der Waals surface area contributed by atoms with Crippen LogP contribution in [0.1, 0.15) is 30.5 Å². The standard InChI is InChI=1S/C13H10BrCl2NO/c1-5-2-6(18)3-7-10-8(14)4-9(15)11(16)13(10)17-12(5)7/h4-5,17H,2-3H2,1H3. The fourth-order valence-electron chi connectivity index (χ4n) is 2.67. The SMILES string of the molecule is CC1CC(=O)Cc2c1[nH]c1c(Cl)c(Cl)cc(Br)c21. The summed E-state index contributed by atoms with van der Waals surface area (Å²) in [5, 5.41) is 2.01. The molecule has 1 aliphatic rings. The topological polar surface area (TPSA) is 32.9 Å². The number of carbonyl (C=O) groups is 1. The highest BCUT2D eigenvalue weighted by molar-refractivity contribution is 9.10. The monoisotopic (exact) mass is 345 g/mol. The summed E-state index contributed by atoms with van der Waals surface area (Å²) in [6, 6.07) is 1.78. The molecule has 1 N–H and O–H groups in total. The van der Waals surface area contributed by atoms with Gasteiger partial charge in [-0.3, -0.25) is 4.79 Å². The number of ketones is 1. The van der Waals surface area contributed by atoms with Gasteiger partial charge in [0.05, 0.1) is 15.6 Å². The lowest BCUT2D eigenvalue weighted by Gasteiger charge is -2.17. The van der Waals surface area contributed by atoms with Crippen LogP contribution >= 0.6 is 39.1 Å². The third kappa shape index (κ3) is 1.72. The van der Waals surface area contributed by atoms with Crippen molar-refractivity contribution in [2.24, 2.45) is 0 Å². The molecule has 1 aromatic heterocycles. The first-order valence-electron chi connectivity index (χ1n) is 5.68. The van der Waals surface area contributed by atoms with Gasteiger partial charge in [0.2, 0.25) is 0 Å². The van der Waals surface area contributed by atoms with Crippen molar-refractivity contribution in [2.45, 2.75) is 25.7 Å². The second kappa shape index (κ2) is 4.26. The van der Waals surface area contributed by atoms with E-state index in [-0.39, 0.29) is 11.7 Å². The van der Waals surface area contributed by atoms with Gasteiger partial charge >= 0.3 is 0 Å². The van der Waals surface area contributed by atoms with Gasteiger partial charge in [-0.25, -0.2) is 0 Å². The van der Waals surface area contributed by atoms with Gasteiger partial charge < -0.3 is 4.98 Å². The zero-order chi connectivity index (χ0) is 13.0. The number of Topliss-reactive ketones (excluding diaryl/α,β-unsaturated/α-hetero) is 1. The Bertz CT molecular complexity index is 677. The number of hydrogen-bond acceptors (Lipinski definition) is 1. The Labute approximate surface area is 123 Å². The van der Waals surface area contributed by atoms with Gasteiger partial charge in [0.1, 0.15) is 5.78 Å². The van der Waals surface area contributed by atoms with Gasteiger partial charge in [-0.1, -0.05) is 46.1 Å². The van der Waals surface area contributed by atoms with E-state index in [9.17, 15) is 4.79 Å². The van der Waals surface area contributed by atoms with E-state index in [1.807, 2.05) is 0 Å². The molecule has 1 unspecified atom stereocenters. The second-order valence-electron chi connectivity index (χ2n) is 4.74. The predicted molar refractivity (Wildman–Crippen MR) is 77.8 cm³/mol. The number of halogens is 3. The third-order valence-electron chi connectivity index (χ3n) is 3.46. The van der Waals surface area contributed by atoms with Crippen LogP contribution in [0, 0.1) is 0 Å². The first-order chi connectivity index (χ1) is 8.49. The lowest BCUT2D eigenvalue weighted by atomic mass is 9.87. The Morgan fingerprint density at radius 2 is 2.17 bits per heavy atom. The first-order valence-corrected chi connectivity index (χ1v) is 7.23. The summed E-state index contributed by atoms with van der Waals surface area (Å²) >= 11 is 15.8. The van der Waals surface area contributed by atoms with Crippen LogP contribution in [-0.4, -0.2) is 10.8 Å². The van der Waals surface area contributed by atoms with Crippen LogP contribution in [-0.2, 0) is 11.2 Å². The average molecular weight is 347 g/mol. The van der Waals surface area contributed by atoms with Crippen molar-refractivity contribution in [1.29, 1.82) is 0 Å². The Kier molecular flexibility index (Phi) is 2.96. The molecule has 94 valence electrons. The molecule has 18 heavy (non-hydrogen) atoms. The molecule has 0 radical (unpaired) electrons. The lowest BCUT2D eigenvalue weighted by molar-refractivity contribution is -0.119. The van der Waals surface area contributed by atoms with Crippen molar-refractivity contribution in [3.8, 4) is 0 Å². The van der Waals surface area contributed by atoms with Crippen LogP contribution in [0.5, 0.6) is 0 Å². The molecular weight excluding hydrogens is 337 g/mol. The summed E-state index contributed by atoms with van der Waals surface area (Å²) in [4.78, 5) is 15.1. The van der Waals surface area contributed by atoms with Crippen molar-refractivity contribution in [3.05, 3.63) is 31.8 Å². The zero-order valence-corrected chi connectivity index (χ0v) is 12.7. The Morgan fingerprint density at radius 1 is 1.44 bits per heavy atom. The lowest BCUT2D eigenvalue weighted by Crippen LogP contribution is -2.15. The van der Waals surface area contributed by atoms with Crippen molar-refractivity contribution in [3.63, 3.8) is 0 Å². The fraction of sp³-hybridized carbons (Fsp3) is 0.308. The summed E-state index contributed by atoms with van der Waals surface area (Å²) in [6.07, 6.45) is 1.05. The van der Waals surface area contributed by atoms with Crippen LogP contribution in [0.15, 0.2) is 10.5 Å². The number of hydrogen-bond donors (Lipinski definition) is 1. The molecule has 0 bridgehead atoms. The van der Waals surface area contributed by atoms with E-state index in [1.54, 1.807) is 6.07 Å². The zero-order valence-electron chi connectivity index (χ0n) is 9.61. The molecule has 3 rings (SSSR count). The van der Waals surface area contributed by atoms with Crippen LogP contribution in [0.3, 0.4) is 0 Å². The van der Waals surface area contributed by atoms with E-state index in [2.05, 4.69) is 27.8 Å². The van der Waals surface area contributed by atoms with Gasteiger partial charge in [0.15, 0.2) is 0 Å². The molecule has 1 atom stereocenters. The molecular formula is C13H10BrCl2NO. The van der Waals surface area contributed by atoms with Crippen molar-refractivity contribution < 1.29 is 4.79 Å². The highest BCUT2D eigenvalue weighted by Gasteiger charge is 2.28. The number of H-pyrrole nitrogens is 1. The van der Waals surface area contributed by atoms with E-state index in [4.69, 9.17) is 23.2 Å². The minimum atomic E-state index is 0.204. The average Bonchev–Trinajstić information content (AvgIpc) is 2.66. The van der Waals surface area contributed by atoms with Crippen LogP contribution in [0.4, 0.5) is 0 Å². The van der Waals surface area contributed by atoms with Gasteiger partial charge in [0.25, 0.3) is 0 Å². The molecule has 1 heterocycles. The maximum absolute atomic E-state index is 11.8. The molecule has 0 fully saturated rings. The third-order valence-corrected chi connectivity index (χ3v) is 4.87. The molecule has 0 aliphatic heterocycles. The fourth-order valence-corrected chi connectivity index (χ4v) is 3.87. The Hall–Kier alpha value is -0.510. The van der Waals surface area contributed by atoms with Gasteiger partial charge in [-0.15, -0.1) is 0 Å². The Balaban J connectivity index is 2.41. The molecule has 0 saturated heterocycles. The number of nitrogens with one attached hydrogen (secondary N) is 1. The maximum atomic E-state index is 11.8. The minimum absolute atomic E-state index is 0.204.